The Labute approximate surface area is 104 Å². The quantitative estimate of drug-likeness (QED) is 0.744. The first kappa shape index (κ1) is 12.2. The summed E-state index contributed by atoms with van der Waals surface area (Å²) in [6, 6.07) is 2.58. The number of carbonyl (C=O) groups excluding carboxylic acids is 3. The fourth-order valence-electron chi connectivity index (χ4n) is 1.89. The third-order valence-electron chi connectivity index (χ3n) is 2.93. The zero-order valence-electron chi connectivity index (χ0n) is 9.92. The predicted octanol–water partition coefficient (Wildman–Crippen LogP) is -0.0412. The molecule has 1 aromatic heterocycles. The highest BCUT2D eigenvalue weighted by Gasteiger charge is 2.32. The third kappa shape index (κ3) is 2.37. The van der Waals surface area contributed by atoms with Crippen molar-refractivity contribution in [2.75, 3.05) is 7.05 Å². The summed E-state index contributed by atoms with van der Waals surface area (Å²) in [5.74, 6) is -0.968. The molecule has 3 amide bonds. The van der Waals surface area contributed by atoms with Gasteiger partial charge in [-0.1, -0.05) is 0 Å². The topological polar surface area (TPSA) is 79.4 Å². The SMILES string of the molecule is CN(C(=O)c1ccncc1)C1CCC(=O)NC1=O. The second-order valence-corrected chi connectivity index (χ2v) is 4.12. The highest BCUT2D eigenvalue weighted by Crippen LogP contribution is 2.13. The molecule has 1 aromatic rings. The van der Waals surface area contributed by atoms with Crippen LogP contribution in [0.15, 0.2) is 24.5 Å². The molecule has 0 bridgehead atoms. The maximum Gasteiger partial charge on any atom is 0.254 e. The summed E-state index contributed by atoms with van der Waals surface area (Å²) in [7, 11) is 1.56. The second-order valence-electron chi connectivity index (χ2n) is 4.12. The van der Waals surface area contributed by atoms with Crippen molar-refractivity contribution in [3.05, 3.63) is 30.1 Å². The van der Waals surface area contributed by atoms with Crippen LogP contribution < -0.4 is 5.32 Å². The van der Waals surface area contributed by atoms with E-state index >= 15 is 0 Å². The van der Waals surface area contributed by atoms with Gasteiger partial charge in [0.15, 0.2) is 0 Å². The Hall–Kier alpha value is -2.24. The van der Waals surface area contributed by atoms with Crippen LogP contribution in [0.3, 0.4) is 0 Å². The molecule has 2 heterocycles. The van der Waals surface area contributed by atoms with Crippen LogP contribution >= 0.6 is 0 Å². The lowest BCUT2D eigenvalue weighted by atomic mass is 10.0. The largest absolute Gasteiger partial charge is 0.330 e. The Balaban J connectivity index is 2.12. The fourth-order valence-corrected chi connectivity index (χ4v) is 1.89. The molecule has 94 valence electrons. The molecule has 18 heavy (non-hydrogen) atoms. The number of aromatic nitrogens is 1. The van der Waals surface area contributed by atoms with Crippen LogP contribution in [0.4, 0.5) is 0 Å². The maximum absolute atomic E-state index is 12.1. The van der Waals surface area contributed by atoms with Gasteiger partial charge in [0.1, 0.15) is 6.04 Å². The van der Waals surface area contributed by atoms with Crippen molar-refractivity contribution < 1.29 is 14.4 Å². The van der Waals surface area contributed by atoms with Crippen molar-refractivity contribution in [3.63, 3.8) is 0 Å². The van der Waals surface area contributed by atoms with Crippen molar-refractivity contribution in [2.24, 2.45) is 0 Å². The number of likely N-dealkylation sites (N-methyl/N-ethyl adjacent to an activating group) is 1. The third-order valence-corrected chi connectivity index (χ3v) is 2.93. The molecule has 1 atom stereocenters. The lowest BCUT2D eigenvalue weighted by Gasteiger charge is -2.29. The Bertz CT molecular complexity index is 487. The van der Waals surface area contributed by atoms with Crippen molar-refractivity contribution in [1.29, 1.82) is 0 Å². The van der Waals surface area contributed by atoms with E-state index in [1.165, 1.54) is 17.3 Å². The smallest absolute Gasteiger partial charge is 0.254 e. The van der Waals surface area contributed by atoms with Gasteiger partial charge in [0.2, 0.25) is 11.8 Å². The summed E-state index contributed by atoms with van der Waals surface area (Å²) in [6.07, 6.45) is 3.65. The van der Waals surface area contributed by atoms with E-state index in [1.54, 1.807) is 19.2 Å². The van der Waals surface area contributed by atoms with E-state index < -0.39 is 11.9 Å². The van der Waals surface area contributed by atoms with Crippen LogP contribution in [-0.2, 0) is 9.59 Å². The van der Waals surface area contributed by atoms with Crippen molar-refractivity contribution in [1.82, 2.24) is 15.2 Å². The van der Waals surface area contributed by atoms with Gasteiger partial charge >= 0.3 is 0 Å². The van der Waals surface area contributed by atoms with E-state index in [1.807, 2.05) is 0 Å². The zero-order valence-corrected chi connectivity index (χ0v) is 9.92. The van der Waals surface area contributed by atoms with Crippen LogP contribution in [0.1, 0.15) is 23.2 Å². The summed E-state index contributed by atoms with van der Waals surface area (Å²) in [6.45, 7) is 0. The average Bonchev–Trinajstić information content (AvgIpc) is 2.38. The number of piperidine rings is 1. The number of pyridine rings is 1. The van der Waals surface area contributed by atoms with Crippen LogP contribution in [0, 0.1) is 0 Å². The lowest BCUT2D eigenvalue weighted by Crippen LogP contribution is -2.52. The molecule has 1 saturated heterocycles. The average molecular weight is 247 g/mol. The van der Waals surface area contributed by atoms with E-state index in [-0.39, 0.29) is 18.2 Å². The van der Waals surface area contributed by atoms with E-state index in [9.17, 15) is 14.4 Å². The van der Waals surface area contributed by atoms with Crippen molar-refractivity contribution in [3.8, 4) is 0 Å². The minimum Gasteiger partial charge on any atom is -0.330 e. The molecule has 1 aliphatic heterocycles. The van der Waals surface area contributed by atoms with Gasteiger partial charge in [0.25, 0.3) is 5.91 Å². The number of carbonyl (C=O) groups is 3. The number of imide groups is 1. The molecule has 1 fully saturated rings. The molecule has 1 aliphatic rings. The number of hydrogen-bond donors (Lipinski definition) is 1. The molecule has 1 N–H and O–H groups in total. The molecule has 0 aromatic carbocycles. The van der Waals surface area contributed by atoms with Gasteiger partial charge in [-0.25, -0.2) is 0 Å². The van der Waals surface area contributed by atoms with Gasteiger partial charge in [-0.05, 0) is 18.6 Å². The van der Waals surface area contributed by atoms with Gasteiger partial charge in [0.05, 0.1) is 0 Å². The summed E-state index contributed by atoms with van der Waals surface area (Å²) in [5.41, 5.74) is 0.470. The Morgan fingerprint density at radius 3 is 2.67 bits per heavy atom. The zero-order chi connectivity index (χ0) is 13.1. The molecule has 6 heteroatoms. The molecule has 0 saturated carbocycles. The molecule has 6 nitrogen and oxygen atoms in total. The highest BCUT2D eigenvalue weighted by atomic mass is 16.2. The highest BCUT2D eigenvalue weighted by molar-refractivity contribution is 6.03. The fraction of sp³-hybridized carbons (Fsp3) is 0.333. The summed E-state index contributed by atoms with van der Waals surface area (Å²) < 4.78 is 0. The minimum atomic E-state index is -0.594. The molecule has 2 rings (SSSR count). The van der Waals surface area contributed by atoms with E-state index in [0.29, 0.717) is 12.0 Å². The summed E-state index contributed by atoms with van der Waals surface area (Å²) >= 11 is 0. The number of rotatable bonds is 2. The van der Waals surface area contributed by atoms with E-state index in [2.05, 4.69) is 10.3 Å². The van der Waals surface area contributed by atoms with Crippen molar-refractivity contribution >= 4 is 17.7 Å². The minimum absolute atomic E-state index is 0.254. The number of nitrogens with one attached hydrogen (secondary N) is 1. The monoisotopic (exact) mass is 247 g/mol. The number of hydrogen-bond acceptors (Lipinski definition) is 4. The summed E-state index contributed by atoms with van der Waals surface area (Å²) in [4.78, 5) is 40.0. The first-order valence-electron chi connectivity index (χ1n) is 5.60. The van der Waals surface area contributed by atoms with Crippen LogP contribution in [0.2, 0.25) is 0 Å². The second kappa shape index (κ2) is 4.95. The summed E-state index contributed by atoms with van der Waals surface area (Å²) in [5, 5.41) is 2.23. The number of nitrogens with zero attached hydrogens (tertiary/aromatic N) is 2. The molecule has 0 radical (unpaired) electrons. The molecule has 0 spiro atoms. The maximum atomic E-state index is 12.1. The normalized spacial score (nSPS) is 19.3. The lowest BCUT2D eigenvalue weighted by molar-refractivity contribution is -0.136. The molecular weight excluding hydrogens is 234 g/mol. The van der Waals surface area contributed by atoms with Gasteiger partial charge in [-0.15, -0.1) is 0 Å². The van der Waals surface area contributed by atoms with Gasteiger partial charge in [0, 0.05) is 31.4 Å². The molecular formula is C12H13N3O3. The standard InChI is InChI=1S/C12H13N3O3/c1-15(9-2-3-10(16)14-11(9)17)12(18)8-4-6-13-7-5-8/h4-7,9H,2-3H2,1H3,(H,14,16,17). The van der Waals surface area contributed by atoms with Gasteiger partial charge in [-0.3, -0.25) is 24.7 Å². The van der Waals surface area contributed by atoms with Crippen LogP contribution in [0.5, 0.6) is 0 Å². The Morgan fingerprint density at radius 1 is 1.39 bits per heavy atom. The van der Waals surface area contributed by atoms with Gasteiger partial charge < -0.3 is 4.90 Å². The molecule has 1 unspecified atom stereocenters. The molecule has 0 aliphatic carbocycles. The Kier molecular flexibility index (Phi) is 3.36. The van der Waals surface area contributed by atoms with E-state index in [0.717, 1.165) is 0 Å². The first-order valence-corrected chi connectivity index (χ1v) is 5.60. The van der Waals surface area contributed by atoms with Crippen molar-refractivity contribution in [2.45, 2.75) is 18.9 Å². The van der Waals surface area contributed by atoms with E-state index in [4.69, 9.17) is 0 Å². The van der Waals surface area contributed by atoms with Gasteiger partial charge in [-0.2, -0.15) is 0 Å². The Morgan fingerprint density at radius 2 is 2.06 bits per heavy atom. The van der Waals surface area contributed by atoms with Crippen LogP contribution in [-0.4, -0.2) is 40.7 Å². The first-order chi connectivity index (χ1) is 8.59. The predicted molar refractivity (Wildman–Crippen MR) is 62.5 cm³/mol. The number of amides is 3. The van der Waals surface area contributed by atoms with Crippen LogP contribution in [0.25, 0.3) is 0 Å².